The molecule has 3 rings (SSSR count). The number of hydrogen-bond donors (Lipinski definition) is 0. The highest BCUT2D eigenvalue weighted by Gasteiger charge is 2.15. The Kier molecular flexibility index (Phi) is 3.84. The van der Waals surface area contributed by atoms with Gasteiger partial charge in [-0.15, -0.1) is 0 Å². The van der Waals surface area contributed by atoms with Gasteiger partial charge in [-0.25, -0.2) is 9.59 Å². The van der Waals surface area contributed by atoms with E-state index >= 15 is 0 Å². The second-order valence-electron chi connectivity index (χ2n) is 4.86. The smallest absolute Gasteiger partial charge is 0.377 e. The fourth-order valence-corrected chi connectivity index (χ4v) is 2.13. The summed E-state index contributed by atoms with van der Waals surface area (Å²) >= 11 is 0. The van der Waals surface area contributed by atoms with Crippen LogP contribution >= 0.6 is 0 Å². The van der Waals surface area contributed by atoms with E-state index in [1.54, 1.807) is 25.1 Å². The van der Waals surface area contributed by atoms with E-state index in [0.717, 1.165) is 0 Å². The molecule has 2 aromatic heterocycles. The zero-order valence-electron chi connectivity index (χ0n) is 12.5. The van der Waals surface area contributed by atoms with Crippen molar-refractivity contribution in [3.05, 3.63) is 57.8 Å². The topological polar surface area (TPSA) is 91.8 Å². The number of aryl methyl sites for hydroxylation is 1. The van der Waals surface area contributed by atoms with E-state index in [0.29, 0.717) is 28.0 Å². The average Bonchev–Trinajstić information content (AvgIpc) is 2.98. The second kappa shape index (κ2) is 5.96. The fraction of sp³-hybridized carbons (Fsp3) is 0.188. The highest BCUT2D eigenvalue weighted by atomic mass is 16.6. The average molecular weight is 315 g/mol. The first-order valence-corrected chi connectivity index (χ1v) is 6.78. The van der Waals surface area contributed by atoms with Gasteiger partial charge in [-0.05, 0) is 19.1 Å². The van der Waals surface area contributed by atoms with Crippen LogP contribution in [0.5, 0.6) is 5.75 Å². The van der Waals surface area contributed by atoms with E-state index in [4.69, 9.17) is 18.4 Å². The molecule has 0 radical (unpaired) electrons. The standard InChI is InChI=1S/C16H13NO6/c1-9-5-14(23-17-9)16(19)21-8-10-6-15(18)22-13-7-11(20-2)3-4-12(10)13/h3-7H,8H2,1-2H3. The Bertz CT molecular complexity index is 924. The molecule has 7 heteroatoms. The molecule has 0 aliphatic carbocycles. The van der Waals surface area contributed by atoms with Crippen molar-refractivity contribution in [1.29, 1.82) is 0 Å². The SMILES string of the molecule is COc1ccc2c(COC(=O)c3cc(C)no3)cc(=O)oc2c1. The number of rotatable bonds is 4. The van der Waals surface area contributed by atoms with E-state index in [2.05, 4.69) is 5.16 Å². The predicted molar refractivity (Wildman–Crippen MR) is 79.4 cm³/mol. The van der Waals surface area contributed by atoms with Crippen molar-refractivity contribution in [3.8, 4) is 5.75 Å². The van der Waals surface area contributed by atoms with Gasteiger partial charge in [0.05, 0.1) is 12.8 Å². The quantitative estimate of drug-likeness (QED) is 0.539. The highest BCUT2D eigenvalue weighted by Crippen LogP contribution is 2.23. The van der Waals surface area contributed by atoms with Crippen LogP contribution in [-0.4, -0.2) is 18.2 Å². The molecule has 0 unspecified atom stereocenters. The van der Waals surface area contributed by atoms with Crippen LogP contribution in [0.15, 0.2) is 44.1 Å². The lowest BCUT2D eigenvalue weighted by atomic mass is 10.1. The molecule has 1 aromatic carbocycles. The molecular weight excluding hydrogens is 302 g/mol. The zero-order valence-corrected chi connectivity index (χ0v) is 12.5. The molecule has 0 N–H and O–H groups in total. The third kappa shape index (κ3) is 3.08. The van der Waals surface area contributed by atoms with E-state index in [-0.39, 0.29) is 12.4 Å². The Morgan fingerprint density at radius 3 is 2.78 bits per heavy atom. The number of methoxy groups -OCH3 is 1. The Labute approximate surface area is 130 Å². The zero-order chi connectivity index (χ0) is 16.4. The van der Waals surface area contributed by atoms with Crippen molar-refractivity contribution in [3.63, 3.8) is 0 Å². The Balaban J connectivity index is 1.87. The minimum Gasteiger partial charge on any atom is -0.497 e. The van der Waals surface area contributed by atoms with Gasteiger partial charge in [-0.2, -0.15) is 0 Å². The van der Waals surface area contributed by atoms with Crippen LogP contribution in [0.1, 0.15) is 21.8 Å². The lowest BCUT2D eigenvalue weighted by molar-refractivity contribution is 0.0427. The Morgan fingerprint density at radius 1 is 1.26 bits per heavy atom. The number of carbonyl (C=O) groups excluding carboxylic acids is 1. The van der Waals surface area contributed by atoms with E-state index in [9.17, 15) is 9.59 Å². The van der Waals surface area contributed by atoms with Gasteiger partial charge >= 0.3 is 11.6 Å². The van der Waals surface area contributed by atoms with Gasteiger partial charge in [0.1, 0.15) is 17.9 Å². The molecule has 0 aliphatic heterocycles. The van der Waals surface area contributed by atoms with Crippen molar-refractivity contribution in [2.75, 3.05) is 7.11 Å². The highest BCUT2D eigenvalue weighted by molar-refractivity contribution is 5.87. The molecule has 0 aliphatic rings. The molecule has 23 heavy (non-hydrogen) atoms. The summed E-state index contributed by atoms with van der Waals surface area (Å²) in [5, 5.41) is 4.28. The molecule has 0 fully saturated rings. The summed E-state index contributed by atoms with van der Waals surface area (Å²) in [6.45, 7) is 1.61. The maximum absolute atomic E-state index is 11.9. The summed E-state index contributed by atoms with van der Waals surface area (Å²) in [5.41, 5.74) is 0.934. The van der Waals surface area contributed by atoms with Gasteiger partial charge in [0.25, 0.3) is 0 Å². The van der Waals surface area contributed by atoms with Gasteiger partial charge in [0, 0.05) is 29.1 Å². The van der Waals surface area contributed by atoms with Crippen LogP contribution in [-0.2, 0) is 11.3 Å². The molecule has 0 atom stereocenters. The molecule has 2 heterocycles. The number of esters is 1. The molecule has 7 nitrogen and oxygen atoms in total. The van der Waals surface area contributed by atoms with Gasteiger partial charge < -0.3 is 18.4 Å². The van der Waals surface area contributed by atoms with Crippen molar-refractivity contribution in [1.82, 2.24) is 5.16 Å². The minimum absolute atomic E-state index is 0.0106. The van der Waals surface area contributed by atoms with Gasteiger partial charge in [0.15, 0.2) is 0 Å². The van der Waals surface area contributed by atoms with E-state index in [1.807, 2.05) is 0 Å². The van der Waals surface area contributed by atoms with Gasteiger partial charge in [-0.1, -0.05) is 5.16 Å². The number of hydrogen-bond acceptors (Lipinski definition) is 7. The second-order valence-corrected chi connectivity index (χ2v) is 4.86. The third-order valence-electron chi connectivity index (χ3n) is 3.23. The Morgan fingerprint density at radius 2 is 2.09 bits per heavy atom. The molecular formula is C16H13NO6. The van der Waals surface area contributed by atoms with Crippen molar-refractivity contribution < 1.29 is 23.2 Å². The summed E-state index contributed by atoms with van der Waals surface area (Å²) < 4.78 is 20.2. The van der Waals surface area contributed by atoms with Gasteiger partial charge in [0.2, 0.25) is 5.76 Å². The number of ether oxygens (including phenoxy) is 2. The lowest BCUT2D eigenvalue weighted by Crippen LogP contribution is -2.07. The molecule has 0 amide bonds. The first kappa shape index (κ1) is 14.8. The maximum atomic E-state index is 11.9. The first-order chi connectivity index (χ1) is 11.1. The minimum atomic E-state index is -0.652. The first-order valence-electron chi connectivity index (χ1n) is 6.78. The van der Waals surface area contributed by atoms with Crippen LogP contribution in [0.2, 0.25) is 0 Å². The maximum Gasteiger partial charge on any atom is 0.377 e. The number of carbonyl (C=O) groups is 1. The number of fused-ring (bicyclic) bond motifs is 1. The molecule has 0 bridgehead atoms. The molecule has 0 saturated carbocycles. The van der Waals surface area contributed by atoms with Crippen LogP contribution in [0.4, 0.5) is 0 Å². The summed E-state index contributed by atoms with van der Waals surface area (Å²) in [6, 6.07) is 7.83. The molecule has 0 spiro atoms. The monoisotopic (exact) mass is 315 g/mol. The number of aromatic nitrogens is 1. The van der Waals surface area contributed by atoms with Crippen molar-refractivity contribution in [2.45, 2.75) is 13.5 Å². The van der Waals surface area contributed by atoms with Crippen LogP contribution < -0.4 is 10.4 Å². The molecule has 3 aromatic rings. The summed E-state index contributed by atoms with van der Waals surface area (Å²) in [4.78, 5) is 23.5. The molecule has 118 valence electrons. The van der Waals surface area contributed by atoms with E-state index < -0.39 is 11.6 Å². The van der Waals surface area contributed by atoms with Gasteiger partial charge in [-0.3, -0.25) is 0 Å². The van der Waals surface area contributed by atoms with Crippen molar-refractivity contribution in [2.24, 2.45) is 0 Å². The van der Waals surface area contributed by atoms with Crippen LogP contribution in [0.25, 0.3) is 11.0 Å². The lowest BCUT2D eigenvalue weighted by Gasteiger charge is -2.07. The summed E-state index contributed by atoms with van der Waals surface area (Å²) in [7, 11) is 1.52. The summed E-state index contributed by atoms with van der Waals surface area (Å²) in [6.07, 6.45) is 0. The van der Waals surface area contributed by atoms with Crippen LogP contribution in [0, 0.1) is 6.92 Å². The van der Waals surface area contributed by atoms with E-state index in [1.165, 1.54) is 19.2 Å². The third-order valence-corrected chi connectivity index (χ3v) is 3.23. The summed E-state index contributed by atoms with van der Waals surface area (Å²) in [5.74, 6) is -0.0797. The van der Waals surface area contributed by atoms with Crippen molar-refractivity contribution >= 4 is 16.9 Å². The fourth-order valence-electron chi connectivity index (χ4n) is 2.13. The van der Waals surface area contributed by atoms with Crippen LogP contribution in [0.3, 0.4) is 0 Å². The molecule has 0 saturated heterocycles. The predicted octanol–water partition coefficient (Wildman–Crippen LogP) is 2.46. The largest absolute Gasteiger partial charge is 0.497 e. The number of nitrogens with zero attached hydrogens (tertiary/aromatic N) is 1. The Hall–Kier alpha value is -3.09. The number of benzene rings is 1. The normalized spacial score (nSPS) is 10.7.